The first-order valence-corrected chi connectivity index (χ1v) is 8.76. The second-order valence-electron chi connectivity index (χ2n) is 5.14. The molecule has 0 bridgehead atoms. The van der Waals surface area contributed by atoms with Crippen LogP contribution in [-0.2, 0) is 7.05 Å². The van der Waals surface area contributed by atoms with Crippen LogP contribution in [0.5, 0.6) is 0 Å². The second kappa shape index (κ2) is 7.37. The van der Waals surface area contributed by atoms with Crippen LogP contribution in [0.15, 0.2) is 63.3 Å². The van der Waals surface area contributed by atoms with Crippen molar-refractivity contribution in [2.75, 3.05) is 5.32 Å². The molecule has 4 nitrogen and oxygen atoms in total. The molecule has 3 aromatic rings. The summed E-state index contributed by atoms with van der Waals surface area (Å²) < 4.78 is 29.9. The van der Waals surface area contributed by atoms with E-state index in [-0.39, 0.29) is 11.3 Å². The smallest absolute Gasteiger partial charge is 0.258 e. The van der Waals surface area contributed by atoms with Crippen LogP contribution in [0.4, 0.5) is 14.5 Å². The Kier molecular flexibility index (Phi) is 5.19. The predicted octanol–water partition coefficient (Wildman–Crippen LogP) is 4.86. The van der Waals surface area contributed by atoms with E-state index in [0.717, 1.165) is 0 Å². The van der Waals surface area contributed by atoms with E-state index in [9.17, 15) is 13.6 Å². The van der Waals surface area contributed by atoms with E-state index in [1.54, 1.807) is 23.0 Å². The Labute approximate surface area is 155 Å². The Hall–Kier alpha value is -2.19. The number of nitrogens with zero attached hydrogens (tertiary/aromatic N) is 2. The molecule has 0 saturated carbocycles. The summed E-state index contributed by atoms with van der Waals surface area (Å²) in [5.74, 6) is -1.82. The van der Waals surface area contributed by atoms with Crippen molar-refractivity contribution in [3.63, 3.8) is 0 Å². The van der Waals surface area contributed by atoms with E-state index in [0.29, 0.717) is 14.5 Å². The molecule has 0 aliphatic heterocycles. The predicted molar refractivity (Wildman–Crippen MR) is 95.8 cm³/mol. The van der Waals surface area contributed by atoms with Gasteiger partial charge in [-0.25, -0.2) is 13.8 Å². The monoisotopic (exact) mass is 423 g/mol. The molecule has 0 atom stereocenters. The number of anilines is 1. The third-order valence-corrected chi connectivity index (χ3v) is 4.99. The molecule has 1 heterocycles. The van der Waals surface area contributed by atoms with Gasteiger partial charge in [-0.3, -0.25) is 4.79 Å². The van der Waals surface area contributed by atoms with Gasteiger partial charge in [-0.2, -0.15) is 0 Å². The topological polar surface area (TPSA) is 46.9 Å². The number of aromatic nitrogens is 2. The summed E-state index contributed by atoms with van der Waals surface area (Å²) in [5.41, 5.74) is 0.115. The fourth-order valence-corrected chi connectivity index (χ4v) is 3.33. The van der Waals surface area contributed by atoms with Crippen molar-refractivity contribution >= 4 is 39.3 Å². The Morgan fingerprint density at radius 1 is 1.24 bits per heavy atom. The third-order valence-electron chi connectivity index (χ3n) is 3.34. The van der Waals surface area contributed by atoms with Crippen molar-refractivity contribution in [1.29, 1.82) is 0 Å². The van der Waals surface area contributed by atoms with Crippen molar-refractivity contribution < 1.29 is 13.6 Å². The molecule has 0 aliphatic carbocycles. The zero-order valence-corrected chi connectivity index (χ0v) is 15.4. The van der Waals surface area contributed by atoms with E-state index in [4.69, 9.17) is 0 Å². The lowest BCUT2D eigenvalue weighted by Gasteiger charge is -2.11. The normalized spacial score (nSPS) is 10.7. The van der Waals surface area contributed by atoms with Crippen molar-refractivity contribution in [2.24, 2.45) is 7.05 Å². The highest BCUT2D eigenvalue weighted by Gasteiger charge is 2.16. The van der Waals surface area contributed by atoms with Gasteiger partial charge in [-0.05, 0) is 48.2 Å². The van der Waals surface area contributed by atoms with Gasteiger partial charge in [-0.15, -0.1) is 0 Å². The quantitative estimate of drug-likeness (QED) is 0.651. The van der Waals surface area contributed by atoms with E-state index >= 15 is 0 Å². The lowest BCUT2D eigenvalue weighted by Crippen LogP contribution is -2.14. The number of halogens is 3. The van der Waals surface area contributed by atoms with Gasteiger partial charge in [0.05, 0.1) is 11.3 Å². The second-order valence-corrected chi connectivity index (χ2v) is 7.07. The number of nitrogens with one attached hydrogen (secondary N) is 1. The Morgan fingerprint density at radius 3 is 2.76 bits per heavy atom. The number of rotatable bonds is 4. The van der Waals surface area contributed by atoms with Gasteiger partial charge in [0.1, 0.15) is 11.6 Å². The summed E-state index contributed by atoms with van der Waals surface area (Å²) >= 11 is 4.47. The van der Waals surface area contributed by atoms with Gasteiger partial charge in [0.25, 0.3) is 5.91 Å². The summed E-state index contributed by atoms with van der Waals surface area (Å²) in [4.78, 5) is 17.2. The molecule has 2 aromatic carbocycles. The Bertz CT molecular complexity index is 945. The minimum atomic E-state index is -0.661. The Morgan fingerprint density at radius 2 is 2.04 bits per heavy atom. The molecule has 0 radical (unpaired) electrons. The number of carbonyl (C=O) groups is 1. The van der Waals surface area contributed by atoms with Crippen LogP contribution >= 0.6 is 27.7 Å². The number of hydrogen-bond acceptors (Lipinski definition) is 3. The standard InChI is InChI=1S/C17H12BrF2N3OS/c1-23-7-6-21-17(23)25-15-5-3-11(19)9-14(15)22-16(24)12-8-10(18)2-4-13(12)20/h2-9H,1H3,(H,22,24). The molecule has 1 N–H and O–H groups in total. The summed E-state index contributed by atoms with van der Waals surface area (Å²) in [7, 11) is 1.83. The molecule has 128 valence electrons. The zero-order valence-electron chi connectivity index (χ0n) is 13.0. The van der Waals surface area contributed by atoms with Crippen LogP contribution in [0, 0.1) is 11.6 Å². The summed E-state index contributed by atoms with van der Waals surface area (Å²) in [6.07, 6.45) is 3.42. The molecule has 0 aliphatic rings. The minimum absolute atomic E-state index is 0.133. The SMILES string of the molecule is Cn1ccnc1Sc1ccc(F)cc1NC(=O)c1cc(Br)ccc1F. The first kappa shape index (κ1) is 17.6. The van der Waals surface area contributed by atoms with E-state index in [1.165, 1.54) is 42.1 Å². The van der Waals surface area contributed by atoms with Crippen molar-refractivity contribution in [3.05, 3.63) is 70.5 Å². The summed E-state index contributed by atoms with van der Waals surface area (Å²) in [5, 5.41) is 3.25. The maximum absolute atomic E-state index is 13.9. The highest BCUT2D eigenvalue weighted by Crippen LogP contribution is 2.33. The summed E-state index contributed by atoms with van der Waals surface area (Å²) in [6.45, 7) is 0. The highest BCUT2D eigenvalue weighted by atomic mass is 79.9. The van der Waals surface area contributed by atoms with Crippen LogP contribution in [0.1, 0.15) is 10.4 Å². The van der Waals surface area contributed by atoms with Crippen LogP contribution in [0.3, 0.4) is 0 Å². The average Bonchev–Trinajstić information content (AvgIpc) is 2.97. The van der Waals surface area contributed by atoms with Crippen LogP contribution in [0.25, 0.3) is 0 Å². The number of aryl methyl sites for hydroxylation is 1. The van der Waals surface area contributed by atoms with Crippen molar-refractivity contribution in [3.8, 4) is 0 Å². The molecule has 8 heteroatoms. The highest BCUT2D eigenvalue weighted by molar-refractivity contribution is 9.10. The Balaban J connectivity index is 1.91. The van der Waals surface area contributed by atoms with E-state index < -0.39 is 17.5 Å². The van der Waals surface area contributed by atoms with Gasteiger partial charge in [0.2, 0.25) is 0 Å². The average molecular weight is 424 g/mol. The van der Waals surface area contributed by atoms with Crippen molar-refractivity contribution in [1.82, 2.24) is 9.55 Å². The summed E-state index contributed by atoms with van der Waals surface area (Å²) in [6, 6.07) is 8.08. The van der Waals surface area contributed by atoms with Gasteiger partial charge in [0.15, 0.2) is 5.16 Å². The minimum Gasteiger partial charge on any atom is -0.329 e. The zero-order chi connectivity index (χ0) is 18.0. The fourth-order valence-electron chi connectivity index (χ4n) is 2.10. The fraction of sp³-hybridized carbons (Fsp3) is 0.0588. The van der Waals surface area contributed by atoms with Gasteiger partial charge >= 0.3 is 0 Å². The molecule has 0 fully saturated rings. The lowest BCUT2D eigenvalue weighted by molar-refractivity contribution is 0.102. The van der Waals surface area contributed by atoms with Gasteiger partial charge in [0, 0.05) is 28.8 Å². The molecule has 0 unspecified atom stereocenters. The molecule has 0 saturated heterocycles. The number of amides is 1. The molecule has 0 spiro atoms. The number of hydrogen-bond donors (Lipinski definition) is 1. The largest absolute Gasteiger partial charge is 0.329 e. The van der Waals surface area contributed by atoms with E-state index in [1.807, 2.05) is 7.05 Å². The molecule has 1 amide bonds. The molecule has 1 aromatic heterocycles. The molecular weight excluding hydrogens is 412 g/mol. The number of carbonyl (C=O) groups excluding carboxylic acids is 1. The molecule has 25 heavy (non-hydrogen) atoms. The number of imidazole rings is 1. The third kappa shape index (κ3) is 4.08. The number of benzene rings is 2. The molecular formula is C17H12BrF2N3OS. The van der Waals surface area contributed by atoms with Gasteiger partial charge in [-0.1, -0.05) is 15.9 Å². The van der Waals surface area contributed by atoms with Crippen LogP contribution in [-0.4, -0.2) is 15.5 Å². The first-order chi connectivity index (χ1) is 11.9. The van der Waals surface area contributed by atoms with E-state index in [2.05, 4.69) is 26.2 Å². The maximum Gasteiger partial charge on any atom is 0.258 e. The molecule has 3 rings (SSSR count). The maximum atomic E-state index is 13.9. The van der Waals surface area contributed by atoms with Crippen LogP contribution in [0.2, 0.25) is 0 Å². The first-order valence-electron chi connectivity index (χ1n) is 7.15. The lowest BCUT2D eigenvalue weighted by atomic mass is 10.2. The van der Waals surface area contributed by atoms with Crippen LogP contribution < -0.4 is 5.32 Å². The van der Waals surface area contributed by atoms with Gasteiger partial charge < -0.3 is 9.88 Å². The van der Waals surface area contributed by atoms with Crippen molar-refractivity contribution in [2.45, 2.75) is 10.1 Å².